The molecule has 4 nitrogen and oxygen atoms in total. The molecule has 0 aromatic rings. The second-order valence-corrected chi connectivity index (χ2v) is 8.04. The molecular formula is C14H29IN4S. The van der Waals surface area contributed by atoms with Crippen LogP contribution >= 0.6 is 35.7 Å². The van der Waals surface area contributed by atoms with Crippen molar-refractivity contribution in [1.82, 2.24) is 15.1 Å². The van der Waals surface area contributed by atoms with Gasteiger partial charge in [0.2, 0.25) is 0 Å². The maximum atomic E-state index is 4.47. The molecule has 0 aromatic heterocycles. The van der Waals surface area contributed by atoms with E-state index in [1.54, 1.807) is 0 Å². The Balaban J connectivity index is 0.00000200. The summed E-state index contributed by atoms with van der Waals surface area (Å²) in [5, 5.41) is 3.57. The molecular weight excluding hydrogens is 383 g/mol. The van der Waals surface area contributed by atoms with E-state index in [1.807, 2.05) is 7.05 Å². The van der Waals surface area contributed by atoms with E-state index in [9.17, 15) is 0 Å². The molecule has 2 fully saturated rings. The van der Waals surface area contributed by atoms with Crippen molar-refractivity contribution < 1.29 is 0 Å². The first-order valence-corrected chi connectivity index (χ1v) is 8.30. The van der Waals surface area contributed by atoms with Crippen molar-refractivity contribution >= 4 is 41.7 Å². The monoisotopic (exact) mass is 412 g/mol. The zero-order valence-electron chi connectivity index (χ0n) is 13.2. The Labute approximate surface area is 145 Å². The molecule has 0 amide bonds. The van der Waals surface area contributed by atoms with E-state index in [4.69, 9.17) is 0 Å². The van der Waals surface area contributed by atoms with Gasteiger partial charge < -0.3 is 15.1 Å². The normalized spacial score (nSPS) is 27.3. The molecule has 0 aromatic carbocycles. The SMILES string of the molecule is CN=C(NCC1CCCN1C)N1CCSC(C)(C)C1.I. The van der Waals surface area contributed by atoms with Crippen molar-refractivity contribution in [2.45, 2.75) is 37.5 Å². The van der Waals surface area contributed by atoms with Crippen LogP contribution in [0.1, 0.15) is 26.7 Å². The zero-order chi connectivity index (χ0) is 13.9. The van der Waals surface area contributed by atoms with Gasteiger partial charge in [-0.1, -0.05) is 0 Å². The zero-order valence-corrected chi connectivity index (χ0v) is 16.3. The van der Waals surface area contributed by atoms with E-state index in [1.165, 1.54) is 25.1 Å². The highest BCUT2D eigenvalue weighted by Gasteiger charge is 2.29. The first-order valence-electron chi connectivity index (χ1n) is 7.31. The second kappa shape index (κ2) is 8.08. The average Bonchev–Trinajstić information content (AvgIpc) is 2.75. The summed E-state index contributed by atoms with van der Waals surface area (Å²) in [6, 6.07) is 0.670. The van der Waals surface area contributed by atoms with Crippen LogP contribution < -0.4 is 5.32 Å². The quantitative estimate of drug-likeness (QED) is 0.428. The van der Waals surface area contributed by atoms with Crippen LogP contribution in [0.2, 0.25) is 0 Å². The number of likely N-dealkylation sites (tertiary alicyclic amines) is 1. The third kappa shape index (κ3) is 4.94. The van der Waals surface area contributed by atoms with Gasteiger partial charge in [-0.15, -0.1) is 24.0 Å². The fourth-order valence-corrected chi connectivity index (χ4v) is 4.09. The van der Waals surface area contributed by atoms with Crippen LogP contribution in [0.25, 0.3) is 0 Å². The van der Waals surface area contributed by atoms with Gasteiger partial charge in [-0.3, -0.25) is 4.99 Å². The van der Waals surface area contributed by atoms with Gasteiger partial charge in [0.15, 0.2) is 5.96 Å². The standard InChI is InChI=1S/C14H28N4S.HI/c1-14(2)11-18(8-9-19-14)13(15-3)16-10-12-6-5-7-17(12)4;/h12H,5-11H2,1-4H3,(H,15,16);1H. The van der Waals surface area contributed by atoms with Gasteiger partial charge in [0.25, 0.3) is 0 Å². The summed E-state index contributed by atoms with van der Waals surface area (Å²) in [6.45, 7) is 9.08. The summed E-state index contributed by atoms with van der Waals surface area (Å²) in [5.41, 5.74) is 0. The highest BCUT2D eigenvalue weighted by atomic mass is 127. The van der Waals surface area contributed by atoms with E-state index in [-0.39, 0.29) is 24.0 Å². The Morgan fingerprint density at radius 1 is 1.40 bits per heavy atom. The van der Waals surface area contributed by atoms with Crippen molar-refractivity contribution in [3.63, 3.8) is 0 Å². The lowest BCUT2D eigenvalue weighted by Gasteiger charge is -2.39. The van der Waals surface area contributed by atoms with E-state index in [2.05, 4.69) is 52.8 Å². The van der Waals surface area contributed by atoms with E-state index in [0.29, 0.717) is 10.8 Å². The van der Waals surface area contributed by atoms with Crippen LogP contribution in [-0.2, 0) is 0 Å². The van der Waals surface area contributed by atoms with Gasteiger partial charge >= 0.3 is 0 Å². The predicted octanol–water partition coefficient (Wildman–Crippen LogP) is 2.10. The lowest BCUT2D eigenvalue weighted by Crippen LogP contribution is -2.52. The summed E-state index contributed by atoms with van der Waals surface area (Å²) >= 11 is 2.06. The number of hydrogen-bond acceptors (Lipinski definition) is 3. The highest BCUT2D eigenvalue weighted by molar-refractivity contribution is 14.0. The predicted molar refractivity (Wildman–Crippen MR) is 101 cm³/mol. The Hall–Kier alpha value is 0.310. The molecule has 20 heavy (non-hydrogen) atoms. The number of rotatable bonds is 2. The van der Waals surface area contributed by atoms with Crippen LogP contribution in [0.15, 0.2) is 4.99 Å². The van der Waals surface area contributed by atoms with Gasteiger partial charge in [0.1, 0.15) is 0 Å². The van der Waals surface area contributed by atoms with Crippen LogP contribution in [0, 0.1) is 0 Å². The molecule has 0 spiro atoms. The van der Waals surface area contributed by atoms with Crippen molar-refractivity contribution in [3.8, 4) is 0 Å². The summed E-state index contributed by atoms with van der Waals surface area (Å²) in [7, 11) is 4.12. The Morgan fingerprint density at radius 2 is 2.15 bits per heavy atom. The van der Waals surface area contributed by atoms with Crippen molar-refractivity contribution in [3.05, 3.63) is 0 Å². The van der Waals surface area contributed by atoms with E-state index < -0.39 is 0 Å². The maximum Gasteiger partial charge on any atom is 0.193 e. The van der Waals surface area contributed by atoms with E-state index in [0.717, 1.165) is 25.6 Å². The number of thioether (sulfide) groups is 1. The summed E-state index contributed by atoms with van der Waals surface area (Å²) in [4.78, 5) is 9.33. The number of aliphatic imine (C=N–C) groups is 1. The molecule has 2 saturated heterocycles. The van der Waals surface area contributed by atoms with Gasteiger partial charge in [0.05, 0.1) is 0 Å². The van der Waals surface area contributed by atoms with Crippen molar-refractivity contribution in [2.75, 3.05) is 46.0 Å². The van der Waals surface area contributed by atoms with Gasteiger partial charge in [-0.2, -0.15) is 11.8 Å². The minimum atomic E-state index is 0. The van der Waals surface area contributed by atoms with Crippen molar-refractivity contribution in [2.24, 2.45) is 4.99 Å². The molecule has 2 heterocycles. The first-order chi connectivity index (χ1) is 9.02. The van der Waals surface area contributed by atoms with Crippen LogP contribution in [-0.4, -0.2) is 72.6 Å². The number of hydrogen-bond donors (Lipinski definition) is 1. The molecule has 6 heteroatoms. The molecule has 1 N–H and O–H groups in total. The minimum absolute atomic E-state index is 0. The molecule has 0 bridgehead atoms. The molecule has 1 unspecified atom stereocenters. The largest absolute Gasteiger partial charge is 0.355 e. The van der Waals surface area contributed by atoms with Gasteiger partial charge in [0, 0.05) is 43.2 Å². The topological polar surface area (TPSA) is 30.9 Å². The third-order valence-electron chi connectivity index (χ3n) is 4.10. The molecule has 2 aliphatic rings. The molecule has 2 aliphatic heterocycles. The van der Waals surface area contributed by atoms with Crippen LogP contribution in [0.3, 0.4) is 0 Å². The second-order valence-electron chi connectivity index (χ2n) is 6.23. The number of guanidine groups is 1. The number of halogens is 1. The van der Waals surface area contributed by atoms with Crippen LogP contribution in [0.4, 0.5) is 0 Å². The van der Waals surface area contributed by atoms with Crippen LogP contribution in [0.5, 0.6) is 0 Å². The lowest BCUT2D eigenvalue weighted by molar-refractivity contribution is 0.303. The fraction of sp³-hybridized carbons (Fsp3) is 0.929. The maximum absolute atomic E-state index is 4.47. The molecule has 1 atom stereocenters. The summed E-state index contributed by atoms with van der Waals surface area (Å²) in [6.07, 6.45) is 2.64. The molecule has 2 rings (SSSR count). The number of nitrogens with zero attached hydrogens (tertiary/aromatic N) is 3. The Bertz CT molecular complexity index is 335. The molecule has 0 radical (unpaired) electrons. The number of nitrogens with one attached hydrogen (secondary N) is 1. The Kier molecular flexibility index (Phi) is 7.41. The summed E-state index contributed by atoms with van der Waals surface area (Å²) in [5.74, 6) is 2.27. The van der Waals surface area contributed by atoms with Gasteiger partial charge in [-0.25, -0.2) is 0 Å². The Morgan fingerprint density at radius 3 is 2.70 bits per heavy atom. The fourth-order valence-electron chi connectivity index (χ4n) is 2.98. The summed E-state index contributed by atoms with van der Waals surface area (Å²) < 4.78 is 0.333. The molecule has 0 saturated carbocycles. The first kappa shape index (κ1) is 18.4. The highest BCUT2D eigenvalue weighted by Crippen LogP contribution is 2.29. The minimum Gasteiger partial charge on any atom is -0.355 e. The lowest BCUT2D eigenvalue weighted by atomic mass is 10.2. The molecule has 0 aliphatic carbocycles. The molecule has 118 valence electrons. The third-order valence-corrected chi connectivity index (χ3v) is 5.40. The number of likely N-dealkylation sites (N-methyl/N-ethyl adjacent to an activating group) is 1. The smallest absolute Gasteiger partial charge is 0.193 e. The van der Waals surface area contributed by atoms with Gasteiger partial charge in [-0.05, 0) is 40.3 Å². The van der Waals surface area contributed by atoms with Crippen molar-refractivity contribution in [1.29, 1.82) is 0 Å². The average molecular weight is 412 g/mol. The van der Waals surface area contributed by atoms with E-state index >= 15 is 0 Å².